The number of nitrogens with one attached hydrogen (secondary N) is 2. The zero-order chi connectivity index (χ0) is 20.3. The smallest absolute Gasteiger partial charge is 0.229 e. The molecule has 7 nitrogen and oxygen atoms in total. The summed E-state index contributed by atoms with van der Waals surface area (Å²) in [7, 11) is 0. The Morgan fingerprint density at radius 2 is 1.93 bits per heavy atom. The number of aromatic nitrogens is 4. The summed E-state index contributed by atoms with van der Waals surface area (Å²) in [4.78, 5) is 9.32. The maximum absolute atomic E-state index is 5.44. The number of benzene rings is 1. The lowest BCUT2D eigenvalue weighted by Crippen LogP contribution is -2.29. The first-order chi connectivity index (χ1) is 14.8. The van der Waals surface area contributed by atoms with Crippen molar-refractivity contribution in [1.82, 2.24) is 19.6 Å². The molecule has 0 saturated carbocycles. The molecule has 4 heterocycles. The first-order valence-electron chi connectivity index (χ1n) is 9.87. The van der Waals surface area contributed by atoms with E-state index in [1.54, 1.807) is 22.0 Å². The van der Waals surface area contributed by atoms with Crippen molar-refractivity contribution in [2.45, 2.75) is 25.4 Å². The number of halogens is 1. The van der Waals surface area contributed by atoms with Crippen molar-refractivity contribution in [3.63, 3.8) is 0 Å². The molecule has 1 aliphatic rings. The van der Waals surface area contributed by atoms with E-state index in [0.29, 0.717) is 24.5 Å². The largest absolute Gasteiger partial charge is 0.381 e. The molecule has 0 atom stereocenters. The SMILES string of the molecule is Brc1cnn2c(NCc3ccc(-c4ccsc4)cc3)nc(NC3CCOCC3)nc12. The van der Waals surface area contributed by atoms with E-state index < -0.39 is 0 Å². The van der Waals surface area contributed by atoms with Crippen molar-refractivity contribution in [2.24, 2.45) is 0 Å². The van der Waals surface area contributed by atoms with Crippen LogP contribution in [0.25, 0.3) is 16.8 Å². The molecule has 0 spiro atoms. The van der Waals surface area contributed by atoms with Crippen LogP contribution in [0.4, 0.5) is 11.9 Å². The molecule has 30 heavy (non-hydrogen) atoms. The topological polar surface area (TPSA) is 76.4 Å². The van der Waals surface area contributed by atoms with Crippen LogP contribution in [0.3, 0.4) is 0 Å². The maximum Gasteiger partial charge on any atom is 0.229 e. The number of ether oxygens (including phenoxy) is 1. The van der Waals surface area contributed by atoms with Crippen LogP contribution < -0.4 is 10.6 Å². The third kappa shape index (κ3) is 4.19. The lowest BCUT2D eigenvalue weighted by Gasteiger charge is -2.23. The molecule has 5 rings (SSSR count). The lowest BCUT2D eigenvalue weighted by atomic mass is 10.1. The van der Waals surface area contributed by atoms with Crippen LogP contribution in [0.15, 0.2) is 51.8 Å². The van der Waals surface area contributed by atoms with E-state index in [4.69, 9.17) is 4.74 Å². The first-order valence-corrected chi connectivity index (χ1v) is 11.6. The van der Waals surface area contributed by atoms with Crippen LogP contribution in [0.2, 0.25) is 0 Å². The van der Waals surface area contributed by atoms with E-state index in [0.717, 1.165) is 36.2 Å². The van der Waals surface area contributed by atoms with Crippen molar-refractivity contribution in [3.05, 3.63) is 57.3 Å². The summed E-state index contributed by atoms with van der Waals surface area (Å²) in [5, 5.41) is 15.5. The number of fused-ring (bicyclic) bond motifs is 1. The molecule has 0 bridgehead atoms. The lowest BCUT2D eigenvalue weighted by molar-refractivity contribution is 0.0903. The number of rotatable bonds is 6. The van der Waals surface area contributed by atoms with E-state index in [1.807, 2.05) is 0 Å². The number of anilines is 2. The van der Waals surface area contributed by atoms with Gasteiger partial charge in [-0.3, -0.25) is 0 Å². The van der Waals surface area contributed by atoms with Crippen LogP contribution in [-0.4, -0.2) is 38.8 Å². The van der Waals surface area contributed by atoms with Crippen LogP contribution >= 0.6 is 27.3 Å². The van der Waals surface area contributed by atoms with Crippen molar-refractivity contribution < 1.29 is 4.74 Å². The normalized spacial score (nSPS) is 14.8. The zero-order valence-electron chi connectivity index (χ0n) is 16.2. The molecule has 4 aromatic rings. The second kappa shape index (κ2) is 8.71. The fourth-order valence-electron chi connectivity index (χ4n) is 3.48. The zero-order valence-corrected chi connectivity index (χ0v) is 18.6. The van der Waals surface area contributed by atoms with Crippen LogP contribution in [0.5, 0.6) is 0 Å². The van der Waals surface area contributed by atoms with Gasteiger partial charge in [-0.2, -0.15) is 30.9 Å². The third-order valence-corrected chi connectivity index (χ3v) is 6.38. The molecule has 1 aliphatic heterocycles. The van der Waals surface area contributed by atoms with Gasteiger partial charge in [-0.05, 0) is 62.3 Å². The molecule has 1 aromatic carbocycles. The van der Waals surface area contributed by atoms with Crippen LogP contribution in [-0.2, 0) is 11.3 Å². The molecule has 3 aromatic heterocycles. The highest BCUT2D eigenvalue weighted by Gasteiger charge is 2.17. The average Bonchev–Trinajstić information content (AvgIpc) is 3.44. The molecule has 0 aliphatic carbocycles. The molecular formula is C21H21BrN6OS. The number of nitrogens with zero attached hydrogens (tertiary/aromatic N) is 4. The van der Waals surface area contributed by atoms with Crippen molar-refractivity contribution in [3.8, 4) is 11.1 Å². The van der Waals surface area contributed by atoms with E-state index in [-0.39, 0.29) is 0 Å². The van der Waals surface area contributed by atoms with Gasteiger partial charge in [0.1, 0.15) is 0 Å². The Labute approximate surface area is 186 Å². The standard InChI is InChI=1S/C21H21BrN6OS/c22-18-12-24-28-19(18)26-20(25-17-5-8-29-9-6-17)27-21(28)23-11-14-1-3-15(4-2-14)16-7-10-30-13-16/h1-4,7,10,12-13,17H,5-6,8-9,11H2,(H2,23,25,26,27). The van der Waals surface area contributed by atoms with Crippen molar-refractivity contribution >= 4 is 44.8 Å². The molecule has 154 valence electrons. The molecule has 0 amide bonds. The summed E-state index contributed by atoms with van der Waals surface area (Å²) in [5.41, 5.74) is 4.38. The summed E-state index contributed by atoms with van der Waals surface area (Å²) in [5.74, 6) is 1.26. The Morgan fingerprint density at radius 1 is 1.10 bits per heavy atom. The van der Waals surface area contributed by atoms with Gasteiger partial charge in [0, 0.05) is 25.8 Å². The highest BCUT2D eigenvalue weighted by Crippen LogP contribution is 2.24. The third-order valence-electron chi connectivity index (χ3n) is 5.14. The summed E-state index contributed by atoms with van der Waals surface area (Å²) in [6.07, 6.45) is 3.64. The highest BCUT2D eigenvalue weighted by atomic mass is 79.9. The molecule has 9 heteroatoms. The first kappa shape index (κ1) is 19.5. The summed E-state index contributed by atoms with van der Waals surface area (Å²) < 4.78 is 8.00. The Bertz CT molecular complexity index is 1120. The van der Waals surface area contributed by atoms with E-state index in [9.17, 15) is 0 Å². The predicted octanol–water partition coefficient (Wildman–Crippen LogP) is 4.82. The van der Waals surface area contributed by atoms with E-state index >= 15 is 0 Å². The van der Waals surface area contributed by atoms with Gasteiger partial charge in [0.05, 0.1) is 10.7 Å². The van der Waals surface area contributed by atoms with Crippen LogP contribution in [0, 0.1) is 0 Å². The van der Waals surface area contributed by atoms with Gasteiger partial charge in [0.15, 0.2) is 5.65 Å². The number of hydrogen-bond acceptors (Lipinski definition) is 7. The molecular weight excluding hydrogens is 464 g/mol. The van der Waals surface area contributed by atoms with Gasteiger partial charge in [-0.15, -0.1) is 0 Å². The Balaban J connectivity index is 1.35. The summed E-state index contributed by atoms with van der Waals surface area (Å²) in [6.45, 7) is 2.18. The molecule has 1 fully saturated rings. The summed E-state index contributed by atoms with van der Waals surface area (Å²) in [6, 6.07) is 11.0. The quantitative estimate of drug-likeness (QED) is 0.408. The monoisotopic (exact) mass is 484 g/mol. The Kier molecular flexibility index (Phi) is 5.65. The minimum Gasteiger partial charge on any atom is -0.381 e. The maximum atomic E-state index is 5.44. The van der Waals surface area contributed by atoms with Gasteiger partial charge < -0.3 is 15.4 Å². The molecule has 0 radical (unpaired) electrons. The van der Waals surface area contributed by atoms with Gasteiger partial charge in [-0.1, -0.05) is 24.3 Å². The summed E-state index contributed by atoms with van der Waals surface area (Å²) >= 11 is 5.24. The second-order valence-corrected chi connectivity index (χ2v) is 8.83. The highest BCUT2D eigenvalue weighted by molar-refractivity contribution is 9.10. The minimum atomic E-state index is 0.320. The van der Waals surface area contributed by atoms with Gasteiger partial charge in [0.25, 0.3) is 0 Å². The fourth-order valence-corrected chi connectivity index (χ4v) is 4.49. The fraction of sp³-hybridized carbons (Fsp3) is 0.286. The predicted molar refractivity (Wildman–Crippen MR) is 123 cm³/mol. The van der Waals surface area contributed by atoms with E-state index in [2.05, 4.69) is 82.7 Å². The Hall–Kier alpha value is -2.49. The number of hydrogen-bond donors (Lipinski definition) is 2. The van der Waals surface area contributed by atoms with Gasteiger partial charge in [0.2, 0.25) is 11.9 Å². The van der Waals surface area contributed by atoms with Crippen molar-refractivity contribution in [1.29, 1.82) is 0 Å². The van der Waals surface area contributed by atoms with Gasteiger partial charge in [-0.25, -0.2) is 0 Å². The van der Waals surface area contributed by atoms with E-state index in [1.165, 1.54) is 16.7 Å². The van der Waals surface area contributed by atoms with Crippen molar-refractivity contribution in [2.75, 3.05) is 23.8 Å². The number of thiophene rings is 1. The van der Waals surface area contributed by atoms with Gasteiger partial charge >= 0.3 is 0 Å². The molecule has 2 N–H and O–H groups in total. The molecule has 0 unspecified atom stereocenters. The average molecular weight is 485 g/mol. The minimum absolute atomic E-state index is 0.320. The molecule has 1 saturated heterocycles. The Morgan fingerprint density at radius 3 is 2.70 bits per heavy atom. The van der Waals surface area contributed by atoms with Crippen LogP contribution in [0.1, 0.15) is 18.4 Å². The second-order valence-electron chi connectivity index (χ2n) is 7.19.